The minimum Gasteiger partial charge on any atom is -0.351 e. The molecule has 1 N–H and O–H groups in total. The standard InChI is InChI=1S/C12H11FN2O4S/c1-7-5-11(19-15-7)12(16)14-10-6-8(20(2,17)18)3-4-9(10)13/h3-6H,1-2H3,(H,14,16). The maximum atomic E-state index is 13.6. The van der Waals surface area contributed by atoms with Crippen LogP contribution in [0.2, 0.25) is 0 Å². The topological polar surface area (TPSA) is 89.3 Å². The average Bonchev–Trinajstić information content (AvgIpc) is 2.77. The molecule has 0 aliphatic carbocycles. The van der Waals surface area contributed by atoms with Crippen molar-refractivity contribution in [2.24, 2.45) is 0 Å². The number of carbonyl (C=O) groups is 1. The van der Waals surface area contributed by atoms with Gasteiger partial charge in [-0.2, -0.15) is 0 Å². The summed E-state index contributed by atoms with van der Waals surface area (Å²) in [6.45, 7) is 1.63. The van der Waals surface area contributed by atoms with Gasteiger partial charge in [0.25, 0.3) is 5.91 Å². The van der Waals surface area contributed by atoms with Crippen LogP contribution in [0, 0.1) is 12.7 Å². The lowest BCUT2D eigenvalue weighted by molar-refractivity contribution is 0.0987. The van der Waals surface area contributed by atoms with Crippen LogP contribution in [0.25, 0.3) is 0 Å². The molecule has 1 aromatic carbocycles. The Morgan fingerprint density at radius 2 is 2.05 bits per heavy atom. The Morgan fingerprint density at radius 3 is 2.60 bits per heavy atom. The van der Waals surface area contributed by atoms with Crippen LogP contribution < -0.4 is 5.32 Å². The zero-order valence-electron chi connectivity index (χ0n) is 10.7. The number of halogens is 1. The fraction of sp³-hybridized carbons (Fsp3) is 0.167. The van der Waals surface area contributed by atoms with E-state index in [0.717, 1.165) is 24.5 Å². The fourth-order valence-corrected chi connectivity index (χ4v) is 2.13. The molecule has 6 nitrogen and oxygen atoms in total. The van der Waals surface area contributed by atoms with Crippen molar-refractivity contribution in [1.82, 2.24) is 5.16 Å². The lowest BCUT2D eigenvalue weighted by atomic mass is 10.3. The van der Waals surface area contributed by atoms with Gasteiger partial charge in [-0.05, 0) is 25.1 Å². The molecule has 0 saturated heterocycles. The molecular formula is C12H11FN2O4S. The second-order valence-corrected chi connectivity index (χ2v) is 6.22. The number of nitrogens with one attached hydrogen (secondary N) is 1. The van der Waals surface area contributed by atoms with Crippen LogP contribution in [-0.2, 0) is 9.84 Å². The zero-order chi connectivity index (χ0) is 14.9. The van der Waals surface area contributed by atoms with Crippen molar-refractivity contribution in [3.05, 3.63) is 41.5 Å². The first-order valence-electron chi connectivity index (χ1n) is 5.51. The van der Waals surface area contributed by atoms with Gasteiger partial charge in [-0.15, -0.1) is 0 Å². The molecule has 0 aliphatic rings. The smallest absolute Gasteiger partial charge is 0.294 e. The first kappa shape index (κ1) is 14.2. The van der Waals surface area contributed by atoms with E-state index in [1.54, 1.807) is 6.92 Å². The maximum Gasteiger partial charge on any atom is 0.294 e. The normalized spacial score (nSPS) is 11.3. The van der Waals surface area contributed by atoms with Gasteiger partial charge in [0.15, 0.2) is 9.84 Å². The predicted octanol–water partition coefficient (Wildman–Crippen LogP) is 1.78. The number of nitrogens with zero attached hydrogens (tertiary/aromatic N) is 1. The van der Waals surface area contributed by atoms with Gasteiger partial charge in [0.1, 0.15) is 5.82 Å². The van der Waals surface area contributed by atoms with Crippen molar-refractivity contribution < 1.29 is 22.1 Å². The number of carbonyl (C=O) groups excluding carboxylic acids is 1. The number of anilines is 1. The number of rotatable bonds is 3. The molecule has 20 heavy (non-hydrogen) atoms. The van der Waals surface area contributed by atoms with E-state index in [1.165, 1.54) is 6.07 Å². The predicted molar refractivity (Wildman–Crippen MR) is 68.7 cm³/mol. The monoisotopic (exact) mass is 298 g/mol. The summed E-state index contributed by atoms with van der Waals surface area (Å²) in [5.74, 6) is -1.55. The molecule has 0 spiro atoms. The van der Waals surface area contributed by atoms with Gasteiger partial charge in [0, 0.05) is 12.3 Å². The molecule has 2 aromatic rings. The summed E-state index contributed by atoms with van der Waals surface area (Å²) in [4.78, 5) is 11.7. The number of sulfone groups is 1. The van der Waals surface area contributed by atoms with E-state index >= 15 is 0 Å². The zero-order valence-corrected chi connectivity index (χ0v) is 11.5. The van der Waals surface area contributed by atoms with Gasteiger partial charge in [-0.25, -0.2) is 12.8 Å². The van der Waals surface area contributed by atoms with E-state index in [0.29, 0.717) is 5.69 Å². The highest BCUT2D eigenvalue weighted by Gasteiger charge is 2.16. The van der Waals surface area contributed by atoms with E-state index in [4.69, 9.17) is 4.52 Å². The molecule has 0 bridgehead atoms. The third-order valence-corrected chi connectivity index (χ3v) is 3.58. The highest BCUT2D eigenvalue weighted by Crippen LogP contribution is 2.20. The highest BCUT2D eigenvalue weighted by molar-refractivity contribution is 7.90. The average molecular weight is 298 g/mol. The first-order chi connectivity index (χ1) is 9.27. The Hall–Kier alpha value is -2.22. The van der Waals surface area contributed by atoms with E-state index in [1.807, 2.05) is 0 Å². The van der Waals surface area contributed by atoms with Crippen LogP contribution in [0.3, 0.4) is 0 Å². The van der Waals surface area contributed by atoms with Crippen LogP contribution in [0.15, 0.2) is 33.7 Å². The number of aromatic nitrogens is 1. The van der Waals surface area contributed by atoms with Crippen LogP contribution in [0.5, 0.6) is 0 Å². The Labute approximate surface area is 114 Å². The SMILES string of the molecule is Cc1cc(C(=O)Nc2cc(S(C)(=O)=O)ccc2F)on1. The number of benzene rings is 1. The molecule has 0 radical (unpaired) electrons. The van der Waals surface area contributed by atoms with Crippen LogP contribution in [0.4, 0.5) is 10.1 Å². The quantitative estimate of drug-likeness (QED) is 0.872. The number of aryl methyl sites for hydroxylation is 1. The molecule has 1 amide bonds. The maximum absolute atomic E-state index is 13.6. The minimum atomic E-state index is -3.49. The molecule has 1 heterocycles. The molecule has 0 unspecified atom stereocenters. The van der Waals surface area contributed by atoms with Crippen LogP contribution >= 0.6 is 0 Å². The molecule has 8 heteroatoms. The van der Waals surface area contributed by atoms with Crippen molar-refractivity contribution >= 4 is 21.4 Å². The Balaban J connectivity index is 2.31. The molecule has 0 aliphatic heterocycles. The summed E-state index contributed by atoms with van der Waals surface area (Å²) in [6, 6.07) is 4.52. The molecular weight excluding hydrogens is 287 g/mol. The Bertz CT molecular complexity index is 768. The largest absolute Gasteiger partial charge is 0.351 e. The van der Waals surface area contributed by atoms with Crippen LogP contribution in [-0.4, -0.2) is 25.7 Å². The Morgan fingerprint density at radius 1 is 1.35 bits per heavy atom. The summed E-state index contributed by atoms with van der Waals surface area (Å²) >= 11 is 0. The number of hydrogen-bond donors (Lipinski definition) is 1. The van der Waals surface area contributed by atoms with Crippen molar-refractivity contribution in [3.63, 3.8) is 0 Å². The first-order valence-corrected chi connectivity index (χ1v) is 7.41. The second kappa shape index (κ2) is 5.04. The lowest BCUT2D eigenvalue weighted by Gasteiger charge is -2.06. The van der Waals surface area contributed by atoms with E-state index in [-0.39, 0.29) is 16.3 Å². The molecule has 0 saturated carbocycles. The van der Waals surface area contributed by atoms with Gasteiger partial charge in [0.05, 0.1) is 16.3 Å². The van der Waals surface area contributed by atoms with Gasteiger partial charge in [-0.3, -0.25) is 4.79 Å². The van der Waals surface area contributed by atoms with Crippen molar-refractivity contribution in [1.29, 1.82) is 0 Å². The summed E-state index contributed by atoms with van der Waals surface area (Å²) in [7, 11) is -3.49. The molecule has 2 rings (SSSR count). The molecule has 0 fully saturated rings. The van der Waals surface area contributed by atoms with E-state index in [9.17, 15) is 17.6 Å². The van der Waals surface area contributed by atoms with Crippen molar-refractivity contribution in [2.75, 3.05) is 11.6 Å². The van der Waals surface area contributed by atoms with Crippen molar-refractivity contribution in [2.45, 2.75) is 11.8 Å². The van der Waals surface area contributed by atoms with E-state index < -0.39 is 21.6 Å². The second-order valence-electron chi connectivity index (χ2n) is 4.20. The summed E-state index contributed by atoms with van der Waals surface area (Å²) in [6.07, 6.45) is 0.992. The Kier molecular flexibility index (Phi) is 3.58. The molecule has 106 valence electrons. The molecule has 0 atom stereocenters. The third-order valence-electron chi connectivity index (χ3n) is 2.47. The summed E-state index contributed by atoms with van der Waals surface area (Å²) in [5, 5.41) is 5.77. The fourth-order valence-electron chi connectivity index (χ4n) is 1.49. The van der Waals surface area contributed by atoms with Gasteiger partial charge >= 0.3 is 0 Å². The summed E-state index contributed by atoms with van der Waals surface area (Å²) < 4.78 is 41.1. The lowest BCUT2D eigenvalue weighted by Crippen LogP contribution is -2.13. The van der Waals surface area contributed by atoms with Crippen LogP contribution in [0.1, 0.15) is 16.2 Å². The minimum absolute atomic E-state index is 0.0911. The van der Waals surface area contributed by atoms with Gasteiger partial charge in [0.2, 0.25) is 5.76 Å². The van der Waals surface area contributed by atoms with Gasteiger partial charge in [-0.1, -0.05) is 5.16 Å². The van der Waals surface area contributed by atoms with E-state index in [2.05, 4.69) is 10.5 Å². The summed E-state index contributed by atoms with van der Waals surface area (Å²) in [5.41, 5.74) is 0.257. The van der Waals surface area contributed by atoms with Gasteiger partial charge < -0.3 is 9.84 Å². The highest BCUT2D eigenvalue weighted by atomic mass is 32.2. The third kappa shape index (κ3) is 3.02. The molecule has 1 aromatic heterocycles. The van der Waals surface area contributed by atoms with Crippen molar-refractivity contribution in [3.8, 4) is 0 Å². The number of amides is 1. The number of hydrogen-bond acceptors (Lipinski definition) is 5.